The minimum absolute atomic E-state index is 0.195. The number of carbonyl (C=O) groups is 1. The van der Waals surface area contributed by atoms with Gasteiger partial charge in [-0.05, 0) is 24.3 Å². The molecule has 0 bridgehead atoms. The van der Waals surface area contributed by atoms with Crippen molar-refractivity contribution >= 4 is 50.9 Å². The van der Waals surface area contributed by atoms with E-state index in [4.69, 9.17) is 4.98 Å². The number of hydrogen-bond acceptors (Lipinski definition) is 7. The number of ketones is 1. The van der Waals surface area contributed by atoms with Crippen LogP contribution in [0.3, 0.4) is 0 Å². The lowest BCUT2D eigenvalue weighted by Gasteiger charge is -2.16. The third-order valence-electron chi connectivity index (χ3n) is 4.48. The number of aromatic nitrogens is 4. The maximum absolute atomic E-state index is 12.4. The summed E-state index contributed by atoms with van der Waals surface area (Å²) in [7, 11) is 0. The van der Waals surface area contributed by atoms with Crippen LogP contribution >= 0.6 is 34.9 Å². The minimum Gasteiger partial charge on any atom is -0.298 e. The van der Waals surface area contributed by atoms with Crippen LogP contribution in [0.4, 0.5) is 0 Å². The molecule has 0 fully saturated rings. The molecule has 4 aromatic rings. The van der Waals surface area contributed by atoms with Crippen molar-refractivity contribution in [3.05, 3.63) is 60.4 Å². The average Bonchev–Trinajstić information content (AvgIpc) is 3.33. The highest BCUT2D eigenvalue weighted by molar-refractivity contribution is 8.00. The Morgan fingerprint density at radius 2 is 1.73 bits per heavy atom. The second kappa shape index (κ2) is 8.91. The van der Waals surface area contributed by atoms with Crippen LogP contribution in [-0.2, 0) is 10.5 Å². The van der Waals surface area contributed by atoms with E-state index >= 15 is 0 Å². The van der Waals surface area contributed by atoms with Crippen molar-refractivity contribution < 1.29 is 4.79 Å². The highest BCUT2D eigenvalue weighted by Gasteiger charge is 2.23. The lowest BCUT2D eigenvalue weighted by atomic mass is 9.92. The lowest BCUT2D eigenvalue weighted by Crippen LogP contribution is -2.22. The minimum atomic E-state index is -0.365. The molecule has 4 rings (SSSR count). The summed E-state index contributed by atoms with van der Waals surface area (Å²) in [5.74, 6) is 2.06. The molecule has 0 N–H and O–H groups in total. The number of benzene rings is 2. The van der Waals surface area contributed by atoms with Gasteiger partial charge in [-0.2, -0.15) is 0 Å². The first kappa shape index (κ1) is 21.1. The Labute approximate surface area is 188 Å². The van der Waals surface area contributed by atoms with Crippen LogP contribution in [0.25, 0.3) is 15.9 Å². The van der Waals surface area contributed by atoms with Gasteiger partial charge in [0.1, 0.15) is 11.6 Å². The fourth-order valence-electron chi connectivity index (χ4n) is 2.71. The summed E-state index contributed by atoms with van der Waals surface area (Å²) in [6.45, 7) is 5.83. The molecule has 0 aliphatic rings. The molecule has 2 heterocycles. The van der Waals surface area contributed by atoms with E-state index in [1.54, 1.807) is 23.1 Å². The number of Topliss-reactive ketones (excluding diaryl/α,β-unsaturated/α-hetero) is 1. The van der Waals surface area contributed by atoms with Gasteiger partial charge in [0.15, 0.2) is 9.50 Å². The van der Waals surface area contributed by atoms with Crippen molar-refractivity contribution in [2.75, 3.05) is 5.75 Å². The van der Waals surface area contributed by atoms with Crippen LogP contribution in [0.15, 0.2) is 64.1 Å². The predicted octanol–water partition coefficient (Wildman–Crippen LogP) is 5.88. The fourth-order valence-corrected chi connectivity index (χ4v) is 5.82. The van der Waals surface area contributed by atoms with Crippen molar-refractivity contribution in [2.24, 2.45) is 5.41 Å². The molecule has 8 heteroatoms. The van der Waals surface area contributed by atoms with E-state index in [9.17, 15) is 4.79 Å². The van der Waals surface area contributed by atoms with Crippen LogP contribution in [0.5, 0.6) is 0 Å². The van der Waals surface area contributed by atoms with Gasteiger partial charge in [0.05, 0.1) is 21.7 Å². The second-order valence-electron chi connectivity index (χ2n) is 7.77. The Morgan fingerprint density at radius 3 is 2.47 bits per heavy atom. The smallest absolute Gasteiger partial charge is 0.196 e. The maximum atomic E-state index is 12.4. The van der Waals surface area contributed by atoms with Crippen LogP contribution < -0.4 is 0 Å². The number of hydrogen-bond donors (Lipinski definition) is 0. The molecule has 5 nitrogen and oxygen atoms in total. The maximum Gasteiger partial charge on any atom is 0.196 e. The van der Waals surface area contributed by atoms with E-state index in [-0.39, 0.29) is 11.2 Å². The highest BCUT2D eigenvalue weighted by Crippen LogP contribution is 2.33. The fraction of sp³-hybridized carbons (Fsp3) is 0.273. The number of thiazole rings is 1. The number of fused-ring (bicyclic) bond motifs is 1. The van der Waals surface area contributed by atoms with Crippen LogP contribution in [0.2, 0.25) is 0 Å². The quantitative estimate of drug-likeness (QED) is 0.325. The van der Waals surface area contributed by atoms with Gasteiger partial charge in [-0.3, -0.25) is 9.36 Å². The zero-order chi connectivity index (χ0) is 21.1. The summed E-state index contributed by atoms with van der Waals surface area (Å²) in [6, 6.07) is 18.2. The average molecular weight is 455 g/mol. The van der Waals surface area contributed by atoms with E-state index in [1.807, 2.05) is 73.9 Å². The molecule has 0 aliphatic heterocycles. The first-order chi connectivity index (χ1) is 14.4. The van der Waals surface area contributed by atoms with Crippen molar-refractivity contribution in [1.82, 2.24) is 19.7 Å². The molecule has 154 valence electrons. The van der Waals surface area contributed by atoms with Crippen molar-refractivity contribution in [1.29, 1.82) is 0 Å². The largest absolute Gasteiger partial charge is 0.298 e. The Kier molecular flexibility index (Phi) is 6.26. The number of thioether (sulfide) groups is 2. The summed E-state index contributed by atoms with van der Waals surface area (Å²) in [5, 5.41) is 9.57. The van der Waals surface area contributed by atoms with Crippen LogP contribution in [-0.4, -0.2) is 31.3 Å². The molecule has 0 spiro atoms. The summed E-state index contributed by atoms with van der Waals surface area (Å²) in [6.07, 6.45) is 0. The molecular formula is C22H22N4OS3. The first-order valence-electron chi connectivity index (χ1n) is 9.56. The number of nitrogens with zero attached hydrogens (tertiary/aromatic N) is 4. The van der Waals surface area contributed by atoms with E-state index in [0.29, 0.717) is 11.5 Å². The van der Waals surface area contributed by atoms with E-state index in [1.165, 1.54) is 16.5 Å². The normalized spacial score (nSPS) is 11.8. The monoisotopic (exact) mass is 454 g/mol. The molecular weight excluding hydrogens is 432 g/mol. The standard InChI is InChI=1S/C22H22N4OS3/c1-22(2,3)18(27)13-28-20-25-24-19(26(20)15-9-5-4-6-10-15)14-29-21-23-16-11-7-8-12-17(16)30-21/h4-12H,13-14H2,1-3H3. The topological polar surface area (TPSA) is 60.7 Å². The van der Waals surface area contributed by atoms with Crippen LogP contribution in [0, 0.1) is 5.41 Å². The SMILES string of the molecule is CC(C)(C)C(=O)CSc1nnc(CSc2nc3ccccc3s2)n1-c1ccccc1. The molecule has 0 amide bonds. The van der Waals surface area contributed by atoms with Crippen molar-refractivity contribution in [3.8, 4) is 5.69 Å². The Morgan fingerprint density at radius 1 is 1.00 bits per heavy atom. The molecule has 0 unspecified atom stereocenters. The summed E-state index contributed by atoms with van der Waals surface area (Å²) >= 11 is 4.79. The molecule has 0 aliphatic carbocycles. The third-order valence-corrected chi connectivity index (χ3v) is 7.59. The van der Waals surface area contributed by atoms with Gasteiger partial charge in [0, 0.05) is 11.1 Å². The first-order valence-corrected chi connectivity index (χ1v) is 12.3. The van der Waals surface area contributed by atoms with Crippen molar-refractivity contribution in [2.45, 2.75) is 36.0 Å². The highest BCUT2D eigenvalue weighted by atomic mass is 32.2. The summed E-state index contributed by atoms with van der Waals surface area (Å²) < 4.78 is 4.23. The molecule has 0 radical (unpaired) electrons. The zero-order valence-corrected chi connectivity index (χ0v) is 19.5. The zero-order valence-electron chi connectivity index (χ0n) is 17.0. The summed E-state index contributed by atoms with van der Waals surface area (Å²) in [5.41, 5.74) is 1.65. The van der Waals surface area contributed by atoms with Crippen LogP contribution in [0.1, 0.15) is 26.6 Å². The molecule has 2 aromatic heterocycles. The third kappa shape index (κ3) is 4.77. The van der Waals surface area contributed by atoms with Gasteiger partial charge < -0.3 is 0 Å². The Bertz CT molecular complexity index is 1130. The molecule has 0 saturated heterocycles. The molecule has 0 atom stereocenters. The molecule has 30 heavy (non-hydrogen) atoms. The van der Waals surface area contributed by atoms with Gasteiger partial charge in [-0.15, -0.1) is 21.5 Å². The van der Waals surface area contributed by atoms with Gasteiger partial charge in [0.2, 0.25) is 0 Å². The molecule has 2 aromatic carbocycles. The Balaban J connectivity index is 1.57. The van der Waals surface area contributed by atoms with E-state index in [2.05, 4.69) is 16.3 Å². The van der Waals surface area contributed by atoms with Gasteiger partial charge in [-0.25, -0.2) is 4.98 Å². The summed E-state index contributed by atoms with van der Waals surface area (Å²) in [4.78, 5) is 17.1. The second-order valence-corrected chi connectivity index (χ2v) is 11.0. The Hall–Kier alpha value is -2.16. The van der Waals surface area contributed by atoms with Crippen molar-refractivity contribution in [3.63, 3.8) is 0 Å². The van der Waals surface area contributed by atoms with Gasteiger partial charge in [-0.1, -0.05) is 74.6 Å². The van der Waals surface area contributed by atoms with E-state index < -0.39 is 0 Å². The van der Waals surface area contributed by atoms with Gasteiger partial charge >= 0.3 is 0 Å². The number of carbonyl (C=O) groups excluding carboxylic acids is 1. The lowest BCUT2D eigenvalue weighted by molar-refractivity contribution is -0.123. The van der Waals surface area contributed by atoms with E-state index in [0.717, 1.165) is 26.5 Å². The van der Waals surface area contributed by atoms with Gasteiger partial charge in [0.25, 0.3) is 0 Å². The number of rotatable bonds is 7. The number of para-hydroxylation sites is 2. The molecule has 0 saturated carbocycles. The predicted molar refractivity (Wildman–Crippen MR) is 126 cm³/mol.